The minimum atomic E-state index is -0.208. The molecule has 30 heavy (non-hydrogen) atoms. The molecule has 0 atom stereocenters. The van der Waals surface area contributed by atoms with Crippen molar-refractivity contribution in [3.63, 3.8) is 0 Å². The number of amides is 1. The average Bonchev–Trinajstić information content (AvgIpc) is 3.05. The second-order valence-corrected chi connectivity index (χ2v) is 7.78. The molecule has 0 aliphatic carbocycles. The third-order valence-electron chi connectivity index (χ3n) is 5.26. The van der Waals surface area contributed by atoms with Crippen LogP contribution >= 0.6 is 11.6 Å². The van der Waals surface area contributed by atoms with E-state index in [4.69, 9.17) is 16.3 Å². The van der Waals surface area contributed by atoms with Crippen LogP contribution in [0.3, 0.4) is 0 Å². The number of benzene rings is 2. The highest BCUT2D eigenvalue weighted by molar-refractivity contribution is 6.30. The van der Waals surface area contributed by atoms with Crippen LogP contribution in [-0.2, 0) is 0 Å². The van der Waals surface area contributed by atoms with Crippen molar-refractivity contribution in [3.05, 3.63) is 65.4 Å². The predicted molar refractivity (Wildman–Crippen MR) is 118 cm³/mol. The zero-order chi connectivity index (χ0) is 20.9. The number of aromatic nitrogens is 2. The van der Waals surface area contributed by atoms with Crippen molar-refractivity contribution in [2.24, 2.45) is 0 Å². The van der Waals surface area contributed by atoms with Crippen LogP contribution in [0.15, 0.2) is 54.7 Å². The lowest BCUT2D eigenvalue weighted by atomic mass is 10.2. The summed E-state index contributed by atoms with van der Waals surface area (Å²) in [7, 11) is 1.63. The lowest BCUT2D eigenvalue weighted by Crippen LogP contribution is -2.42. The van der Waals surface area contributed by atoms with E-state index >= 15 is 0 Å². The SMILES string of the molecule is COc1ccccc1-c1nc(C(=O)NN2CCCCCC2)cn1-c1ccc(Cl)cc1. The standard InChI is InChI=1S/C23H25ClN4O2/c1-30-21-9-5-4-8-19(21)22-25-20(16-28(22)18-12-10-17(24)11-13-18)23(29)26-27-14-6-2-3-7-15-27/h4-5,8-13,16H,2-3,6-7,14-15H2,1H3,(H,26,29). The molecule has 1 aromatic heterocycles. The predicted octanol–water partition coefficient (Wildman–Crippen LogP) is 4.72. The van der Waals surface area contributed by atoms with E-state index in [1.165, 1.54) is 12.8 Å². The molecule has 0 unspecified atom stereocenters. The highest BCUT2D eigenvalue weighted by Gasteiger charge is 2.21. The Morgan fingerprint density at radius 1 is 1.03 bits per heavy atom. The van der Waals surface area contributed by atoms with E-state index in [1.54, 1.807) is 13.3 Å². The van der Waals surface area contributed by atoms with Gasteiger partial charge in [0.1, 0.15) is 17.3 Å². The van der Waals surface area contributed by atoms with Gasteiger partial charge in [0.25, 0.3) is 5.91 Å². The molecule has 156 valence electrons. The highest BCUT2D eigenvalue weighted by Crippen LogP contribution is 2.31. The topological polar surface area (TPSA) is 59.4 Å². The number of nitrogens with one attached hydrogen (secondary N) is 1. The van der Waals surface area contributed by atoms with Crippen LogP contribution in [0.25, 0.3) is 17.1 Å². The molecule has 1 amide bonds. The zero-order valence-electron chi connectivity index (χ0n) is 17.0. The summed E-state index contributed by atoms with van der Waals surface area (Å²) in [6, 6.07) is 15.1. The van der Waals surface area contributed by atoms with E-state index in [9.17, 15) is 4.79 Å². The van der Waals surface area contributed by atoms with Gasteiger partial charge in [-0.2, -0.15) is 0 Å². The maximum absolute atomic E-state index is 13.0. The number of carbonyl (C=O) groups excluding carboxylic acids is 1. The Morgan fingerprint density at radius 2 is 1.73 bits per heavy atom. The number of halogens is 1. The summed E-state index contributed by atoms with van der Waals surface area (Å²) in [5.74, 6) is 1.12. The molecule has 4 rings (SSSR count). The molecule has 1 fully saturated rings. The third kappa shape index (κ3) is 4.50. The van der Waals surface area contributed by atoms with Crippen LogP contribution < -0.4 is 10.2 Å². The maximum atomic E-state index is 13.0. The highest BCUT2D eigenvalue weighted by atomic mass is 35.5. The molecule has 2 heterocycles. The molecule has 2 aromatic carbocycles. The summed E-state index contributed by atoms with van der Waals surface area (Å²) in [5, 5.41) is 2.65. The van der Waals surface area contributed by atoms with Gasteiger partial charge in [0.05, 0.1) is 12.7 Å². The Bertz CT molecular complexity index is 1010. The second kappa shape index (κ2) is 9.32. The summed E-state index contributed by atoms with van der Waals surface area (Å²) in [4.78, 5) is 17.7. The third-order valence-corrected chi connectivity index (χ3v) is 5.51. The summed E-state index contributed by atoms with van der Waals surface area (Å²) >= 11 is 6.07. The van der Waals surface area contributed by atoms with Gasteiger partial charge in [-0.05, 0) is 49.2 Å². The van der Waals surface area contributed by atoms with Gasteiger partial charge in [0, 0.05) is 30.0 Å². The molecule has 0 spiro atoms. The molecular weight excluding hydrogens is 400 g/mol. The number of hydrazine groups is 1. The zero-order valence-corrected chi connectivity index (χ0v) is 17.7. The molecule has 1 aliphatic heterocycles. The fourth-order valence-electron chi connectivity index (χ4n) is 3.69. The Kier molecular flexibility index (Phi) is 6.35. The maximum Gasteiger partial charge on any atom is 0.285 e. The van der Waals surface area contributed by atoms with Crippen molar-refractivity contribution in [1.29, 1.82) is 0 Å². The van der Waals surface area contributed by atoms with Gasteiger partial charge in [0.15, 0.2) is 0 Å². The molecular formula is C23H25ClN4O2. The van der Waals surface area contributed by atoms with Crippen molar-refractivity contribution in [1.82, 2.24) is 20.0 Å². The number of imidazole rings is 1. The van der Waals surface area contributed by atoms with Crippen LogP contribution in [0.4, 0.5) is 0 Å². The molecule has 0 radical (unpaired) electrons. The smallest absolute Gasteiger partial charge is 0.285 e. The van der Waals surface area contributed by atoms with Crippen LogP contribution in [-0.4, -0.2) is 40.7 Å². The Hall–Kier alpha value is -2.83. The lowest BCUT2D eigenvalue weighted by Gasteiger charge is -2.19. The van der Waals surface area contributed by atoms with Crippen LogP contribution in [0, 0.1) is 0 Å². The average molecular weight is 425 g/mol. The molecule has 0 bridgehead atoms. The molecule has 1 saturated heterocycles. The number of methoxy groups -OCH3 is 1. The van der Waals surface area contributed by atoms with E-state index in [0.717, 1.165) is 37.2 Å². The van der Waals surface area contributed by atoms with Gasteiger partial charge in [-0.1, -0.05) is 36.6 Å². The number of hydrogen-bond acceptors (Lipinski definition) is 4. The number of rotatable bonds is 5. The van der Waals surface area contributed by atoms with E-state index in [-0.39, 0.29) is 5.91 Å². The molecule has 1 aliphatic rings. The molecule has 7 heteroatoms. The Balaban J connectivity index is 1.72. The first kappa shape index (κ1) is 20.4. The summed E-state index contributed by atoms with van der Waals surface area (Å²) < 4.78 is 7.43. The minimum absolute atomic E-state index is 0.208. The van der Waals surface area contributed by atoms with E-state index in [2.05, 4.69) is 10.4 Å². The van der Waals surface area contributed by atoms with E-state index in [0.29, 0.717) is 22.3 Å². The summed E-state index contributed by atoms with van der Waals surface area (Å²) in [6.45, 7) is 1.73. The first-order chi connectivity index (χ1) is 14.7. The molecule has 1 N–H and O–H groups in total. The van der Waals surface area contributed by atoms with Gasteiger partial charge in [-0.15, -0.1) is 0 Å². The van der Waals surface area contributed by atoms with E-state index in [1.807, 2.05) is 58.1 Å². The van der Waals surface area contributed by atoms with Crippen LogP contribution in [0.1, 0.15) is 36.2 Å². The Labute approximate surface area is 181 Å². The number of para-hydroxylation sites is 1. The van der Waals surface area contributed by atoms with Crippen LogP contribution in [0.2, 0.25) is 5.02 Å². The van der Waals surface area contributed by atoms with Crippen molar-refractivity contribution in [2.75, 3.05) is 20.2 Å². The second-order valence-electron chi connectivity index (χ2n) is 7.34. The van der Waals surface area contributed by atoms with Gasteiger partial charge < -0.3 is 4.74 Å². The van der Waals surface area contributed by atoms with Crippen LogP contribution in [0.5, 0.6) is 5.75 Å². The van der Waals surface area contributed by atoms with E-state index < -0.39 is 0 Å². The van der Waals surface area contributed by atoms with Crippen molar-refractivity contribution in [2.45, 2.75) is 25.7 Å². The summed E-state index contributed by atoms with van der Waals surface area (Å²) in [5.41, 5.74) is 5.05. The van der Waals surface area contributed by atoms with Gasteiger partial charge >= 0.3 is 0 Å². The quantitative estimate of drug-likeness (QED) is 0.643. The molecule has 6 nitrogen and oxygen atoms in total. The van der Waals surface area contributed by atoms with Gasteiger partial charge in [0.2, 0.25) is 0 Å². The molecule has 3 aromatic rings. The van der Waals surface area contributed by atoms with Crippen molar-refractivity contribution in [3.8, 4) is 22.8 Å². The largest absolute Gasteiger partial charge is 0.496 e. The number of nitrogens with zero attached hydrogens (tertiary/aromatic N) is 3. The monoisotopic (exact) mass is 424 g/mol. The van der Waals surface area contributed by atoms with Gasteiger partial charge in [-0.3, -0.25) is 14.8 Å². The number of ether oxygens (including phenoxy) is 1. The molecule has 0 saturated carbocycles. The van der Waals surface area contributed by atoms with Crippen molar-refractivity contribution < 1.29 is 9.53 Å². The van der Waals surface area contributed by atoms with Crippen molar-refractivity contribution >= 4 is 17.5 Å². The van der Waals surface area contributed by atoms with Gasteiger partial charge in [-0.25, -0.2) is 9.99 Å². The minimum Gasteiger partial charge on any atom is -0.496 e. The first-order valence-corrected chi connectivity index (χ1v) is 10.6. The summed E-state index contributed by atoms with van der Waals surface area (Å²) in [6.07, 6.45) is 6.35. The fraction of sp³-hybridized carbons (Fsp3) is 0.304. The normalized spacial score (nSPS) is 14.9. The lowest BCUT2D eigenvalue weighted by molar-refractivity contribution is 0.0789. The first-order valence-electron chi connectivity index (χ1n) is 10.2. The number of carbonyl (C=O) groups is 1. The fourth-order valence-corrected chi connectivity index (χ4v) is 3.82. The number of hydrogen-bond donors (Lipinski definition) is 1. The Morgan fingerprint density at radius 3 is 2.43 bits per heavy atom.